The zero-order chi connectivity index (χ0) is 13.7. The molecular weight excluding hydrogens is 244 g/mol. The van der Waals surface area contributed by atoms with E-state index in [1.807, 2.05) is 25.1 Å². The Morgan fingerprint density at radius 3 is 2.79 bits per heavy atom. The number of hydrogen-bond acceptors (Lipinski definition) is 3. The molecule has 0 spiro atoms. The Hall–Kier alpha value is -2.50. The Kier molecular flexibility index (Phi) is 4.02. The highest BCUT2D eigenvalue weighted by Gasteiger charge is 2.08. The lowest BCUT2D eigenvalue weighted by molar-refractivity contribution is 0.261. The summed E-state index contributed by atoms with van der Waals surface area (Å²) in [6, 6.07) is 8.67. The van der Waals surface area contributed by atoms with Crippen molar-refractivity contribution in [2.24, 2.45) is 7.05 Å². The van der Waals surface area contributed by atoms with Gasteiger partial charge in [0.1, 0.15) is 11.6 Å². The van der Waals surface area contributed by atoms with Crippen LogP contribution < -0.4 is 15.4 Å². The molecule has 2 aromatic rings. The number of aromatic nitrogens is 2. The molecule has 2 N–H and O–H groups in total. The Morgan fingerprint density at radius 1 is 1.32 bits per heavy atom. The highest BCUT2D eigenvalue weighted by Crippen LogP contribution is 2.23. The number of carbonyl (C=O) groups excluding carboxylic acids is 1. The lowest BCUT2D eigenvalue weighted by Crippen LogP contribution is -2.21. The summed E-state index contributed by atoms with van der Waals surface area (Å²) in [6.45, 7) is 2.44. The molecule has 2 rings (SSSR count). The lowest BCUT2D eigenvalue weighted by Gasteiger charge is -2.11. The van der Waals surface area contributed by atoms with Crippen molar-refractivity contribution in [2.75, 3.05) is 17.2 Å². The summed E-state index contributed by atoms with van der Waals surface area (Å²) in [5.74, 6) is 1.26. The number of amides is 2. The number of para-hydroxylation sites is 2. The van der Waals surface area contributed by atoms with E-state index in [0.29, 0.717) is 23.9 Å². The smallest absolute Gasteiger partial charge is 0.324 e. The van der Waals surface area contributed by atoms with Crippen LogP contribution in [0.3, 0.4) is 0 Å². The fourth-order valence-corrected chi connectivity index (χ4v) is 1.62. The van der Waals surface area contributed by atoms with Crippen LogP contribution in [0.25, 0.3) is 0 Å². The highest BCUT2D eigenvalue weighted by atomic mass is 16.5. The van der Waals surface area contributed by atoms with Gasteiger partial charge >= 0.3 is 6.03 Å². The molecule has 1 aromatic heterocycles. The molecule has 1 heterocycles. The van der Waals surface area contributed by atoms with E-state index in [9.17, 15) is 4.79 Å². The molecule has 0 saturated heterocycles. The van der Waals surface area contributed by atoms with Gasteiger partial charge in [-0.25, -0.2) is 4.79 Å². The normalized spacial score (nSPS) is 10.0. The maximum Gasteiger partial charge on any atom is 0.324 e. The largest absolute Gasteiger partial charge is 0.492 e. The first-order chi connectivity index (χ1) is 9.20. The monoisotopic (exact) mass is 260 g/mol. The fourth-order valence-electron chi connectivity index (χ4n) is 1.62. The first kappa shape index (κ1) is 12.9. The number of hydrogen-bond donors (Lipinski definition) is 2. The third-order valence-corrected chi connectivity index (χ3v) is 2.50. The van der Waals surface area contributed by atoms with Crippen LogP contribution in [-0.2, 0) is 7.05 Å². The van der Waals surface area contributed by atoms with Gasteiger partial charge in [-0.1, -0.05) is 12.1 Å². The van der Waals surface area contributed by atoms with E-state index < -0.39 is 0 Å². The summed E-state index contributed by atoms with van der Waals surface area (Å²) in [4.78, 5) is 11.9. The van der Waals surface area contributed by atoms with Gasteiger partial charge in [0.15, 0.2) is 0 Å². The number of anilines is 2. The molecule has 6 nitrogen and oxygen atoms in total. The van der Waals surface area contributed by atoms with Crippen LogP contribution in [-0.4, -0.2) is 22.4 Å². The van der Waals surface area contributed by atoms with Gasteiger partial charge in [-0.05, 0) is 19.1 Å². The zero-order valence-electron chi connectivity index (χ0n) is 10.9. The molecule has 6 heteroatoms. The van der Waals surface area contributed by atoms with E-state index >= 15 is 0 Å². The van der Waals surface area contributed by atoms with Crippen LogP contribution in [0.1, 0.15) is 6.92 Å². The van der Waals surface area contributed by atoms with Gasteiger partial charge in [-0.3, -0.25) is 10.00 Å². The SMILES string of the molecule is CCOc1ccccc1NC(=O)Nc1ccnn1C. The van der Waals surface area contributed by atoms with E-state index in [-0.39, 0.29) is 6.03 Å². The van der Waals surface area contributed by atoms with E-state index in [1.54, 1.807) is 30.1 Å². The lowest BCUT2D eigenvalue weighted by atomic mass is 10.3. The summed E-state index contributed by atoms with van der Waals surface area (Å²) in [7, 11) is 1.75. The van der Waals surface area contributed by atoms with E-state index in [0.717, 1.165) is 0 Å². The molecule has 0 aliphatic heterocycles. The van der Waals surface area contributed by atoms with Crippen LogP contribution in [0, 0.1) is 0 Å². The molecule has 1 aromatic carbocycles. The Balaban J connectivity index is 2.05. The van der Waals surface area contributed by atoms with Gasteiger partial charge in [0.25, 0.3) is 0 Å². The summed E-state index contributed by atoms with van der Waals surface area (Å²) in [5.41, 5.74) is 0.629. The molecule has 0 bridgehead atoms. The van der Waals surface area contributed by atoms with Crippen molar-refractivity contribution in [3.8, 4) is 5.75 Å². The van der Waals surface area contributed by atoms with Gasteiger partial charge in [0.05, 0.1) is 18.5 Å². The number of urea groups is 1. The summed E-state index contributed by atoms with van der Waals surface area (Å²) in [6.07, 6.45) is 1.61. The van der Waals surface area contributed by atoms with Crippen LogP contribution in [0.5, 0.6) is 5.75 Å². The quantitative estimate of drug-likeness (QED) is 0.887. The molecule has 0 fully saturated rings. The number of nitrogens with one attached hydrogen (secondary N) is 2. The molecule has 0 atom stereocenters. The maximum atomic E-state index is 11.9. The van der Waals surface area contributed by atoms with Gasteiger partial charge < -0.3 is 10.1 Å². The van der Waals surface area contributed by atoms with Crippen LogP contribution >= 0.6 is 0 Å². The number of benzene rings is 1. The van der Waals surface area contributed by atoms with E-state index in [2.05, 4.69) is 15.7 Å². The molecule has 0 aliphatic carbocycles. The number of carbonyl (C=O) groups is 1. The minimum atomic E-state index is -0.337. The average molecular weight is 260 g/mol. The van der Waals surface area contributed by atoms with Crippen molar-refractivity contribution >= 4 is 17.5 Å². The predicted molar refractivity (Wildman–Crippen MR) is 73.5 cm³/mol. The molecule has 19 heavy (non-hydrogen) atoms. The summed E-state index contributed by atoms with van der Waals surface area (Å²) < 4.78 is 7.01. The van der Waals surface area contributed by atoms with E-state index in [1.165, 1.54) is 0 Å². The molecule has 0 aliphatic rings. The zero-order valence-corrected chi connectivity index (χ0v) is 10.9. The Labute approximate surface area is 111 Å². The average Bonchev–Trinajstić information content (AvgIpc) is 2.78. The Bertz CT molecular complexity index is 565. The maximum absolute atomic E-state index is 11.9. The second-order valence-electron chi connectivity index (χ2n) is 3.85. The van der Waals surface area contributed by atoms with Crippen LogP contribution in [0.15, 0.2) is 36.5 Å². The standard InChI is InChI=1S/C13H16N4O2/c1-3-19-11-7-5-4-6-10(11)15-13(18)16-12-8-9-14-17(12)2/h4-9H,3H2,1-2H3,(H2,15,16,18). The molecule has 0 saturated carbocycles. The molecule has 100 valence electrons. The number of aryl methyl sites for hydroxylation is 1. The molecule has 2 amide bonds. The fraction of sp³-hybridized carbons (Fsp3) is 0.231. The van der Waals surface area contributed by atoms with Crippen molar-refractivity contribution in [1.82, 2.24) is 9.78 Å². The first-order valence-electron chi connectivity index (χ1n) is 5.98. The highest BCUT2D eigenvalue weighted by molar-refractivity contribution is 6.00. The number of rotatable bonds is 4. The minimum absolute atomic E-state index is 0.337. The van der Waals surface area contributed by atoms with Gasteiger partial charge in [-0.2, -0.15) is 5.10 Å². The Morgan fingerprint density at radius 2 is 2.11 bits per heavy atom. The van der Waals surface area contributed by atoms with Crippen LogP contribution in [0.2, 0.25) is 0 Å². The molecule has 0 radical (unpaired) electrons. The van der Waals surface area contributed by atoms with Gasteiger partial charge in [0.2, 0.25) is 0 Å². The van der Waals surface area contributed by atoms with Crippen molar-refractivity contribution in [3.63, 3.8) is 0 Å². The second-order valence-corrected chi connectivity index (χ2v) is 3.85. The minimum Gasteiger partial charge on any atom is -0.492 e. The van der Waals surface area contributed by atoms with Crippen molar-refractivity contribution < 1.29 is 9.53 Å². The third kappa shape index (κ3) is 3.25. The van der Waals surface area contributed by atoms with Crippen molar-refractivity contribution in [3.05, 3.63) is 36.5 Å². The molecule has 0 unspecified atom stereocenters. The van der Waals surface area contributed by atoms with Gasteiger partial charge in [0, 0.05) is 13.1 Å². The number of ether oxygens (including phenoxy) is 1. The van der Waals surface area contributed by atoms with Gasteiger partial charge in [-0.15, -0.1) is 0 Å². The van der Waals surface area contributed by atoms with Crippen molar-refractivity contribution in [1.29, 1.82) is 0 Å². The summed E-state index contributed by atoms with van der Waals surface area (Å²) >= 11 is 0. The predicted octanol–water partition coefficient (Wildman–Crippen LogP) is 2.46. The molecular formula is C13H16N4O2. The summed E-state index contributed by atoms with van der Waals surface area (Å²) in [5, 5.41) is 9.42. The van der Waals surface area contributed by atoms with Crippen LogP contribution in [0.4, 0.5) is 16.3 Å². The van der Waals surface area contributed by atoms with Crippen molar-refractivity contribution in [2.45, 2.75) is 6.92 Å². The van der Waals surface area contributed by atoms with E-state index in [4.69, 9.17) is 4.74 Å². The first-order valence-corrected chi connectivity index (χ1v) is 5.98. The third-order valence-electron chi connectivity index (χ3n) is 2.50. The topological polar surface area (TPSA) is 68.2 Å². The second kappa shape index (κ2) is 5.90. The number of nitrogens with zero attached hydrogens (tertiary/aromatic N) is 2.